The Labute approximate surface area is 123 Å². The third-order valence-corrected chi connectivity index (χ3v) is 4.43. The second kappa shape index (κ2) is 5.15. The zero-order valence-electron chi connectivity index (χ0n) is 12.1. The molecule has 1 aromatic carbocycles. The summed E-state index contributed by atoms with van der Waals surface area (Å²) in [6, 6.07) is 8.25. The highest BCUT2D eigenvalue weighted by Gasteiger charge is 2.32. The van der Waals surface area contributed by atoms with E-state index in [-0.39, 0.29) is 12.1 Å². The van der Waals surface area contributed by atoms with Crippen LogP contribution in [-0.4, -0.2) is 16.7 Å². The fourth-order valence-corrected chi connectivity index (χ4v) is 3.21. The van der Waals surface area contributed by atoms with Crippen molar-refractivity contribution >= 4 is 0 Å². The van der Waals surface area contributed by atoms with Crippen molar-refractivity contribution < 1.29 is 9.26 Å². The molecule has 0 saturated carbocycles. The molecule has 2 aliphatic rings. The van der Waals surface area contributed by atoms with Crippen LogP contribution in [0.1, 0.15) is 49.2 Å². The van der Waals surface area contributed by atoms with E-state index in [1.807, 2.05) is 18.2 Å². The molecule has 1 saturated heterocycles. The fourth-order valence-electron chi connectivity index (χ4n) is 3.21. The van der Waals surface area contributed by atoms with Gasteiger partial charge in [-0.05, 0) is 36.9 Å². The molecular formula is C16H19N3O2. The van der Waals surface area contributed by atoms with E-state index < -0.39 is 0 Å². The van der Waals surface area contributed by atoms with Crippen molar-refractivity contribution in [1.29, 1.82) is 0 Å². The highest BCUT2D eigenvalue weighted by atomic mass is 16.5. The largest absolute Gasteiger partial charge is 0.482 e. The van der Waals surface area contributed by atoms with Crippen molar-refractivity contribution in [2.24, 2.45) is 5.92 Å². The number of ether oxygens (including phenoxy) is 1. The molecule has 2 aliphatic heterocycles. The number of aromatic nitrogens is 2. The summed E-state index contributed by atoms with van der Waals surface area (Å²) < 4.78 is 11.4. The number of para-hydroxylation sites is 1. The van der Waals surface area contributed by atoms with Gasteiger partial charge >= 0.3 is 0 Å². The predicted molar refractivity (Wildman–Crippen MR) is 77.0 cm³/mol. The Bertz CT molecular complexity index is 615. The highest BCUT2D eigenvalue weighted by molar-refractivity contribution is 5.37. The maximum absolute atomic E-state index is 5.92. The first-order valence-corrected chi connectivity index (χ1v) is 7.63. The van der Waals surface area contributed by atoms with Crippen LogP contribution in [0.3, 0.4) is 0 Å². The molecular weight excluding hydrogens is 266 g/mol. The van der Waals surface area contributed by atoms with Crippen LogP contribution in [0.15, 0.2) is 28.8 Å². The molecule has 0 amide bonds. The average Bonchev–Trinajstić information content (AvgIpc) is 3.14. The van der Waals surface area contributed by atoms with Gasteiger partial charge in [0.05, 0.1) is 6.04 Å². The van der Waals surface area contributed by atoms with Gasteiger partial charge in [-0.15, -0.1) is 0 Å². The third-order valence-electron chi connectivity index (χ3n) is 4.43. The minimum absolute atomic E-state index is 0.126. The first kappa shape index (κ1) is 12.8. The maximum atomic E-state index is 5.92. The van der Waals surface area contributed by atoms with Crippen LogP contribution in [0.4, 0.5) is 0 Å². The number of rotatable bonds is 2. The van der Waals surface area contributed by atoms with E-state index in [0.29, 0.717) is 17.6 Å². The number of hydrogen-bond donors (Lipinski definition) is 1. The Kier molecular flexibility index (Phi) is 3.15. The summed E-state index contributed by atoms with van der Waals surface area (Å²) in [6.07, 6.45) is 3.09. The van der Waals surface area contributed by atoms with Crippen molar-refractivity contribution in [2.75, 3.05) is 6.54 Å². The molecule has 1 N–H and O–H groups in total. The lowest BCUT2D eigenvalue weighted by molar-refractivity contribution is 0.217. The highest BCUT2D eigenvalue weighted by Crippen LogP contribution is 2.36. The second-order valence-corrected chi connectivity index (χ2v) is 5.96. The first-order valence-electron chi connectivity index (χ1n) is 7.63. The lowest BCUT2D eigenvalue weighted by Crippen LogP contribution is -2.33. The first-order chi connectivity index (χ1) is 10.3. The third kappa shape index (κ3) is 2.31. The molecule has 0 spiro atoms. The topological polar surface area (TPSA) is 60.2 Å². The Hall–Kier alpha value is -1.88. The van der Waals surface area contributed by atoms with Crippen LogP contribution in [0.5, 0.6) is 5.75 Å². The van der Waals surface area contributed by atoms with E-state index in [4.69, 9.17) is 9.26 Å². The Morgan fingerprint density at radius 2 is 2.19 bits per heavy atom. The molecule has 3 heterocycles. The van der Waals surface area contributed by atoms with Crippen LogP contribution in [0.25, 0.3) is 0 Å². The second-order valence-electron chi connectivity index (χ2n) is 5.96. The normalized spacial score (nSPS) is 28.1. The van der Waals surface area contributed by atoms with Gasteiger partial charge in [0, 0.05) is 6.42 Å². The van der Waals surface area contributed by atoms with E-state index >= 15 is 0 Å². The summed E-state index contributed by atoms with van der Waals surface area (Å²) in [4.78, 5) is 4.58. The van der Waals surface area contributed by atoms with Gasteiger partial charge in [-0.3, -0.25) is 0 Å². The number of piperidine rings is 1. The van der Waals surface area contributed by atoms with Gasteiger partial charge < -0.3 is 14.6 Å². The lowest BCUT2D eigenvalue weighted by Gasteiger charge is -2.26. The molecule has 0 radical (unpaired) electrons. The van der Waals surface area contributed by atoms with Crippen molar-refractivity contribution in [1.82, 2.24) is 15.5 Å². The molecule has 5 nitrogen and oxygen atoms in total. The van der Waals surface area contributed by atoms with Gasteiger partial charge in [0.15, 0.2) is 6.10 Å². The SMILES string of the molecule is CC1CCCNC1c1nc(C2Cc3ccccc3O2)no1. The van der Waals surface area contributed by atoms with Crippen LogP contribution in [-0.2, 0) is 6.42 Å². The Morgan fingerprint density at radius 1 is 1.29 bits per heavy atom. The zero-order valence-corrected chi connectivity index (χ0v) is 12.1. The Balaban J connectivity index is 1.53. The number of nitrogens with one attached hydrogen (secondary N) is 1. The molecule has 1 fully saturated rings. The summed E-state index contributed by atoms with van der Waals surface area (Å²) in [5, 5.41) is 7.61. The van der Waals surface area contributed by atoms with E-state index in [1.165, 1.54) is 18.4 Å². The van der Waals surface area contributed by atoms with Crippen LogP contribution >= 0.6 is 0 Å². The smallest absolute Gasteiger partial charge is 0.244 e. The monoisotopic (exact) mass is 285 g/mol. The molecule has 0 aliphatic carbocycles. The van der Waals surface area contributed by atoms with Gasteiger partial charge in [0.25, 0.3) is 0 Å². The Morgan fingerprint density at radius 3 is 3.05 bits per heavy atom. The van der Waals surface area contributed by atoms with Gasteiger partial charge in [0.2, 0.25) is 11.7 Å². The zero-order chi connectivity index (χ0) is 14.2. The number of hydrogen-bond acceptors (Lipinski definition) is 5. The van der Waals surface area contributed by atoms with Crippen molar-refractivity contribution in [2.45, 2.75) is 38.3 Å². The standard InChI is InChI=1S/C16H19N3O2/c1-10-5-4-8-17-14(10)16-18-15(19-21-16)13-9-11-6-2-3-7-12(11)20-13/h2-3,6-7,10,13-14,17H,4-5,8-9H2,1H3. The number of benzene rings is 1. The van der Waals surface area contributed by atoms with Crippen molar-refractivity contribution in [3.8, 4) is 5.75 Å². The summed E-state index contributed by atoms with van der Waals surface area (Å²) in [5.41, 5.74) is 1.21. The minimum Gasteiger partial charge on any atom is -0.482 e. The van der Waals surface area contributed by atoms with Gasteiger partial charge in [-0.25, -0.2) is 0 Å². The number of nitrogens with zero attached hydrogens (tertiary/aromatic N) is 2. The van der Waals surface area contributed by atoms with Gasteiger partial charge in [0.1, 0.15) is 5.75 Å². The van der Waals surface area contributed by atoms with Crippen LogP contribution in [0.2, 0.25) is 0 Å². The maximum Gasteiger partial charge on any atom is 0.244 e. The fraction of sp³-hybridized carbons (Fsp3) is 0.500. The number of fused-ring (bicyclic) bond motifs is 1. The van der Waals surface area contributed by atoms with E-state index in [0.717, 1.165) is 18.7 Å². The summed E-state index contributed by atoms with van der Waals surface area (Å²) in [5.74, 6) is 2.80. The minimum atomic E-state index is -0.126. The van der Waals surface area contributed by atoms with Gasteiger partial charge in [-0.2, -0.15) is 4.98 Å². The lowest BCUT2D eigenvalue weighted by atomic mass is 9.93. The van der Waals surface area contributed by atoms with E-state index in [2.05, 4.69) is 28.4 Å². The van der Waals surface area contributed by atoms with E-state index in [1.54, 1.807) is 0 Å². The predicted octanol–water partition coefficient (Wildman–Crippen LogP) is 2.81. The molecule has 21 heavy (non-hydrogen) atoms. The van der Waals surface area contributed by atoms with Gasteiger partial charge in [-0.1, -0.05) is 30.3 Å². The summed E-state index contributed by atoms with van der Waals surface area (Å²) >= 11 is 0. The van der Waals surface area contributed by atoms with Crippen molar-refractivity contribution in [3.05, 3.63) is 41.5 Å². The van der Waals surface area contributed by atoms with Crippen LogP contribution < -0.4 is 10.1 Å². The van der Waals surface area contributed by atoms with Crippen LogP contribution in [0, 0.1) is 5.92 Å². The molecule has 3 unspecified atom stereocenters. The molecule has 4 rings (SSSR count). The van der Waals surface area contributed by atoms with E-state index in [9.17, 15) is 0 Å². The summed E-state index contributed by atoms with van der Waals surface area (Å²) in [6.45, 7) is 3.24. The molecule has 1 aromatic heterocycles. The molecule has 3 atom stereocenters. The molecule has 2 aromatic rings. The summed E-state index contributed by atoms with van der Waals surface area (Å²) in [7, 11) is 0. The quantitative estimate of drug-likeness (QED) is 0.919. The molecule has 110 valence electrons. The molecule has 0 bridgehead atoms. The molecule has 5 heteroatoms. The average molecular weight is 285 g/mol. The van der Waals surface area contributed by atoms with Crippen molar-refractivity contribution in [3.63, 3.8) is 0 Å².